The fraction of sp³-hybridized carbons (Fsp3) is 0.714. The lowest BCUT2D eigenvalue weighted by Gasteiger charge is -1.99. The van der Waals surface area contributed by atoms with Crippen LogP contribution in [0, 0.1) is 0 Å². The van der Waals surface area contributed by atoms with Crippen LogP contribution in [-0.4, -0.2) is 35.6 Å². The topological polar surface area (TPSA) is 64.5 Å². The van der Waals surface area contributed by atoms with Crippen LogP contribution in [0.5, 0.6) is 5.19 Å². The number of aliphatic hydroxyl groups is 1. The summed E-state index contributed by atoms with van der Waals surface area (Å²) in [5, 5.41) is 17.2. The first-order valence-corrected chi connectivity index (χ1v) is 4.73. The van der Waals surface area contributed by atoms with Gasteiger partial charge in [0.1, 0.15) is 5.01 Å². The van der Waals surface area contributed by atoms with Crippen molar-refractivity contribution in [1.29, 1.82) is 0 Å². The monoisotopic (exact) mass is 204 g/mol. The molecule has 74 valence electrons. The zero-order valence-electron chi connectivity index (χ0n) is 7.39. The van der Waals surface area contributed by atoms with Gasteiger partial charge in [0.25, 0.3) is 5.19 Å². The van der Waals surface area contributed by atoms with Crippen LogP contribution in [0.1, 0.15) is 11.4 Å². The Kier molecular flexibility index (Phi) is 4.66. The molecule has 1 rings (SSSR count). The molecular weight excluding hydrogens is 192 g/mol. The van der Waals surface area contributed by atoms with Gasteiger partial charge in [-0.2, -0.15) is 0 Å². The van der Waals surface area contributed by atoms with E-state index in [1.165, 1.54) is 11.3 Å². The molecule has 0 bridgehead atoms. The average Bonchev–Trinajstić information content (AvgIpc) is 2.60. The van der Waals surface area contributed by atoms with E-state index in [0.29, 0.717) is 23.4 Å². The third kappa shape index (κ3) is 3.67. The van der Waals surface area contributed by atoms with Crippen molar-refractivity contribution in [3.05, 3.63) is 5.01 Å². The minimum absolute atomic E-state index is 0.0842. The molecule has 1 aromatic heterocycles. The van der Waals surface area contributed by atoms with Gasteiger partial charge in [0.2, 0.25) is 0 Å². The summed E-state index contributed by atoms with van der Waals surface area (Å²) in [7, 11) is 1.65. The lowest BCUT2D eigenvalue weighted by molar-refractivity contribution is 0.171. The zero-order valence-corrected chi connectivity index (χ0v) is 8.21. The Hall–Kier alpha value is -0.720. The van der Waals surface area contributed by atoms with E-state index >= 15 is 0 Å². The fourth-order valence-electron chi connectivity index (χ4n) is 0.723. The lowest BCUT2D eigenvalue weighted by atomic mass is 10.5. The smallest absolute Gasteiger partial charge is 0.294 e. The van der Waals surface area contributed by atoms with Gasteiger partial charge in [-0.15, -0.1) is 5.10 Å². The summed E-state index contributed by atoms with van der Waals surface area (Å²) in [6.07, 6.45) is 0.824. The van der Waals surface area contributed by atoms with Crippen molar-refractivity contribution in [2.24, 2.45) is 0 Å². The first-order valence-electron chi connectivity index (χ1n) is 3.91. The molecule has 1 N–H and O–H groups in total. The van der Waals surface area contributed by atoms with Gasteiger partial charge < -0.3 is 14.6 Å². The van der Waals surface area contributed by atoms with Crippen molar-refractivity contribution in [2.75, 3.05) is 20.3 Å². The number of nitrogens with zero attached hydrogens (tertiary/aromatic N) is 2. The molecule has 0 atom stereocenters. The number of methoxy groups -OCH3 is 1. The molecule has 0 aliphatic rings. The SMILES string of the molecule is COCCCOc1nnc(CO)s1. The molecule has 0 aliphatic heterocycles. The normalized spacial score (nSPS) is 10.3. The number of ether oxygens (including phenoxy) is 2. The van der Waals surface area contributed by atoms with E-state index in [4.69, 9.17) is 14.6 Å². The Bertz CT molecular complexity index is 241. The number of hydrogen-bond acceptors (Lipinski definition) is 6. The van der Waals surface area contributed by atoms with Gasteiger partial charge in [-0.3, -0.25) is 0 Å². The van der Waals surface area contributed by atoms with E-state index in [2.05, 4.69) is 10.2 Å². The van der Waals surface area contributed by atoms with Crippen LogP contribution < -0.4 is 4.74 Å². The maximum Gasteiger partial charge on any atom is 0.294 e. The van der Waals surface area contributed by atoms with Gasteiger partial charge in [0, 0.05) is 20.1 Å². The van der Waals surface area contributed by atoms with Gasteiger partial charge in [-0.05, 0) is 0 Å². The summed E-state index contributed by atoms with van der Waals surface area (Å²) in [6.45, 7) is 1.15. The van der Waals surface area contributed by atoms with Crippen LogP contribution in [0.15, 0.2) is 0 Å². The quantitative estimate of drug-likeness (QED) is 0.681. The van der Waals surface area contributed by atoms with Crippen LogP contribution in [0.25, 0.3) is 0 Å². The molecule has 6 heteroatoms. The van der Waals surface area contributed by atoms with Crippen LogP contribution >= 0.6 is 11.3 Å². The Morgan fingerprint density at radius 1 is 1.38 bits per heavy atom. The minimum Gasteiger partial charge on any atom is -0.469 e. The molecule has 0 unspecified atom stereocenters. The summed E-state index contributed by atoms with van der Waals surface area (Å²) >= 11 is 1.26. The van der Waals surface area contributed by atoms with Gasteiger partial charge in [0.15, 0.2) is 0 Å². The molecule has 13 heavy (non-hydrogen) atoms. The van der Waals surface area contributed by atoms with Gasteiger partial charge in [0.05, 0.1) is 13.2 Å². The first-order chi connectivity index (χ1) is 6.36. The molecule has 1 aromatic rings. The maximum absolute atomic E-state index is 8.69. The zero-order chi connectivity index (χ0) is 9.52. The van der Waals surface area contributed by atoms with Crippen molar-refractivity contribution in [1.82, 2.24) is 10.2 Å². The third-order valence-electron chi connectivity index (χ3n) is 1.30. The number of aliphatic hydroxyl groups excluding tert-OH is 1. The highest BCUT2D eigenvalue weighted by molar-refractivity contribution is 7.13. The Labute approximate surface area is 80.3 Å². The van der Waals surface area contributed by atoms with Gasteiger partial charge in [-0.25, -0.2) is 0 Å². The van der Waals surface area contributed by atoms with Crippen LogP contribution in [0.4, 0.5) is 0 Å². The molecule has 0 amide bonds. The summed E-state index contributed by atoms with van der Waals surface area (Å²) in [4.78, 5) is 0. The van der Waals surface area contributed by atoms with Crippen LogP contribution in [0.3, 0.4) is 0 Å². The largest absolute Gasteiger partial charge is 0.469 e. The molecular formula is C7H12N2O3S. The Morgan fingerprint density at radius 2 is 2.23 bits per heavy atom. The second-order valence-electron chi connectivity index (χ2n) is 2.31. The second-order valence-corrected chi connectivity index (χ2v) is 3.34. The van der Waals surface area contributed by atoms with E-state index in [-0.39, 0.29) is 6.61 Å². The predicted octanol–water partition coefficient (Wildman–Crippen LogP) is 0.446. The molecule has 0 radical (unpaired) electrons. The Balaban J connectivity index is 2.20. The highest BCUT2D eigenvalue weighted by atomic mass is 32.1. The van der Waals surface area contributed by atoms with E-state index < -0.39 is 0 Å². The van der Waals surface area contributed by atoms with Crippen LogP contribution in [-0.2, 0) is 11.3 Å². The van der Waals surface area contributed by atoms with Crippen molar-refractivity contribution in [3.63, 3.8) is 0 Å². The first kappa shape index (κ1) is 10.4. The van der Waals surface area contributed by atoms with Crippen molar-refractivity contribution in [2.45, 2.75) is 13.0 Å². The van der Waals surface area contributed by atoms with Crippen molar-refractivity contribution in [3.8, 4) is 5.19 Å². The highest BCUT2D eigenvalue weighted by Gasteiger charge is 2.02. The third-order valence-corrected chi connectivity index (χ3v) is 2.12. The Morgan fingerprint density at radius 3 is 2.85 bits per heavy atom. The van der Waals surface area contributed by atoms with Gasteiger partial charge >= 0.3 is 0 Å². The summed E-state index contributed by atoms with van der Waals surface area (Å²) in [5.74, 6) is 0. The molecule has 0 fully saturated rings. The molecule has 5 nitrogen and oxygen atoms in total. The van der Waals surface area contributed by atoms with Crippen molar-refractivity contribution < 1.29 is 14.6 Å². The average molecular weight is 204 g/mol. The van der Waals surface area contributed by atoms with Crippen LogP contribution in [0.2, 0.25) is 0 Å². The van der Waals surface area contributed by atoms with E-state index in [9.17, 15) is 0 Å². The predicted molar refractivity (Wildman–Crippen MR) is 47.8 cm³/mol. The second kappa shape index (κ2) is 5.85. The fourth-order valence-corrected chi connectivity index (χ4v) is 1.29. The summed E-state index contributed by atoms with van der Waals surface area (Å²) in [6, 6.07) is 0. The number of rotatable bonds is 6. The molecule has 0 saturated heterocycles. The molecule has 0 saturated carbocycles. The van der Waals surface area contributed by atoms with Crippen molar-refractivity contribution >= 4 is 11.3 Å². The van der Waals surface area contributed by atoms with E-state index in [1.807, 2.05) is 0 Å². The minimum atomic E-state index is -0.0842. The summed E-state index contributed by atoms with van der Waals surface area (Å²) in [5.41, 5.74) is 0. The standard InChI is InChI=1S/C7H12N2O3S/c1-11-3-2-4-12-7-9-8-6(5-10)13-7/h10H,2-5H2,1H3. The van der Waals surface area contributed by atoms with Gasteiger partial charge in [-0.1, -0.05) is 16.4 Å². The maximum atomic E-state index is 8.69. The highest BCUT2D eigenvalue weighted by Crippen LogP contribution is 2.17. The number of aromatic nitrogens is 2. The summed E-state index contributed by atoms with van der Waals surface area (Å²) < 4.78 is 10.1. The van der Waals surface area contributed by atoms with E-state index in [1.54, 1.807) is 7.11 Å². The molecule has 0 aromatic carbocycles. The molecule has 0 spiro atoms. The number of hydrogen-bond donors (Lipinski definition) is 1. The molecule has 0 aliphatic carbocycles. The molecule has 1 heterocycles. The lowest BCUT2D eigenvalue weighted by Crippen LogP contribution is -2.00. The van der Waals surface area contributed by atoms with E-state index in [0.717, 1.165) is 6.42 Å².